The van der Waals surface area contributed by atoms with E-state index in [0.717, 1.165) is 66.4 Å². The fraction of sp³-hybridized carbons (Fsp3) is 0.360. The molecule has 168 valence electrons. The summed E-state index contributed by atoms with van der Waals surface area (Å²) in [6, 6.07) is 10.2. The number of aromatic nitrogens is 4. The highest BCUT2D eigenvalue weighted by Gasteiger charge is 2.20. The van der Waals surface area contributed by atoms with Crippen LogP contribution < -0.4 is 10.2 Å². The molecule has 33 heavy (non-hydrogen) atoms. The standard InChI is InChI=1S/C25H28N8/c1-4-31-10-12-32(13-11-31)23-14-21-22(16-28-23)33-9-8-27-25(33)30-24(21)29-18(3)20-7-5-6-19(15-26)17(20)2/h5-9,14,16,18H,4,10-13H2,1-3H3,(H,27,29,30)/t18-/m1/s1. The van der Waals surface area contributed by atoms with Crippen LogP contribution in [0.15, 0.2) is 42.9 Å². The third kappa shape index (κ3) is 3.85. The highest BCUT2D eigenvalue weighted by atomic mass is 15.3. The molecule has 0 unspecified atom stereocenters. The summed E-state index contributed by atoms with van der Waals surface area (Å²) in [4.78, 5) is 18.8. The largest absolute Gasteiger partial charge is 0.363 e. The van der Waals surface area contributed by atoms with Gasteiger partial charge in [0.1, 0.15) is 11.6 Å². The van der Waals surface area contributed by atoms with Crippen molar-refractivity contribution in [3.8, 4) is 6.07 Å². The van der Waals surface area contributed by atoms with E-state index in [1.807, 2.05) is 35.9 Å². The van der Waals surface area contributed by atoms with E-state index in [4.69, 9.17) is 9.97 Å². The van der Waals surface area contributed by atoms with Gasteiger partial charge in [0.05, 0.1) is 29.4 Å². The molecule has 4 aromatic rings. The van der Waals surface area contributed by atoms with E-state index in [0.29, 0.717) is 11.3 Å². The number of hydrogen-bond acceptors (Lipinski definition) is 7. The van der Waals surface area contributed by atoms with Crippen LogP contribution in [0.1, 0.15) is 36.6 Å². The Hall–Kier alpha value is -3.70. The predicted octanol–water partition coefficient (Wildman–Crippen LogP) is 3.77. The van der Waals surface area contributed by atoms with Gasteiger partial charge < -0.3 is 15.1 Å². The summed E-state index contributed by atoms with van der Waals surface area (Å²) in [6.45, 7) is 11.4. The Bertz CT molecular complexity index is 1340. The Labute approximate surface area is 193 Å². The van der Waals surface area contributed by atoms with E-state index in [2.05, 4.69) is 52.2 Å². The van der Waals surface area contributed by atoms with Gasteiger partial charge in [-0.05, 0) is 43.7 Å². The van der Waals surface area contributed by atoms with Crippen molar-refractivity contribution in [2.45, 2.75) is 26.8 Å². The number of likely N-dealkylation sites (N-methyl/N-ethyl adjacent to an activating group) is 1. The first-order valence-electron chi connectivity index (χ1n) is 11.4. The fourth-order valence-corrected chi connectivity index (χ4v) is 4.65. The SMILES string of the molecule is CCN1CCN(c2cc3c(N[C@H](C)c4cccc(C#N)c4C)nc4nccn4c3cn2)CC1. The highest BCUT2D eigenvalue weighted by molar-refractivity contribution is 5.92. The van der Waals surface area contributed by atoms with Crippen molar-refractivity contribution in [2.24, 2.45) is 0 Å². The zero-order chi connectivity index (χ0) is 22.9. The molecule has 1 N–H and O–H groups in total. The number of piperazine rings is 1. The van der Waals surface area contributed by atoms with Gasteiger partial charge in [0.25, 0.3) is 0 Å². The van der Waals surface area contributed by atoms with Crippen LogP contribution in [0.25, 0.3) is 16.7 Å². The molecular weight excluding hydrogens is 412 g/mol. The van der Waals surface area contributed by atoms with Gasteiger partial charge in [-0.1, -0.05) is 19.1 Å². The number of hydrogen-bond donors (Lipinski definition) is 1. The van der Waals surface area contributed by atoms with E-state index in [1.165, 1.54) is 0 Å². The summed E-state index contributed by atoms with van der Waals surface area (Å²) >= 11 is 0. The lowest BCUT2D eigenvalue weighted by Gasteiger charge is -2.34. The molecule has 4 heterocycles. The average molecular weight is 441 g/mol. The van der Waals surface area contributed by atoms with Crippen LogP contribution in [0, 0.1) is 18.3 Å². The number of rotatable bonds is 5. The molecule has 1 aromatic carbocycles. The Balaban J connectivity index is 1.55. The van der Waals surface area contributed by atoms with Crippen LogP contribution in [-0.2, 0) is 0 Å². The summed E-state index contributed by atoms with van der Waals surface area (Å²) in [5.41, 5.74) is 3.73. The van der Waals surface area contributed by atoms with Gasteiger partial charge in [-0.15, -0.1) is 0 Å². The summed E-state index contributed by atoms with van der Waals surface area (Å²) in [7, 11) is 0. The first kappa shape index (κ1) is 21.2. The first-order chi connectivity index (χ1) is 16.1. The zero-order valence-electron chi connectivity index (χ0n) is 19.3. The molecule has 0 bridgehead atoms. The van der Waals surface area contributed by atoms with Crippen molar-refractivity contribution in [1.29, 1.82) is 5.26 Å². The van der Waals surface area contributed by atoms with E-state index >= 15 is 0 Å². The third-order valence-corrected chi connectivity index (χ3v) is 6.68. The monoisotopic (exact) mass is 440 g/mol. The maximum absolute atomic E-state index is 9.43. The van der Waals surface area contributed by atoms with E-state index in [1.54, 1.807) is 6.20 Å². The van der Waals surface area contributed by atoms with Crippen molar-refractivity contribution in [2.75, 3.05) is 42.9 Å². The minimum absolute atomic E-state index is 0.0314. The summed E-state index contributed by atoms with van der Waals surface area (Å²) in [5, 5.41) is 14.0. The fourth-order valence-electron chi connectivity index (χ4n) is 4.65. The molecule has 1 atom stereocenters. The summed E-state index contributed by atoms with van der Waals surface area (Å²) < 4.78 is 1.97. The molecule has 1 saturated heterocycles. The third-order valence-electron chi connectivity index (χ3n) is 6.68. The number of imidazole rings is 1. The van der Waals surface area contributed by atoms with Gasteiger partial charge in [-0.25, -0.2) is 9.97 Å². The average Bonchev–Trinajstić information content (AvgIpc) is 3.32. The molecule has 1 aliphatic rings. The minimum Gasteiger partial charge on any atom is -0.363 e. The number of nitrogens with zero attached hydrogens (tertiary/aromatic N) is 7. The van der Waals surface area contributed by atoms with Crippen LogP contribution in [0.4, 0.5) is 11.6 Å². The Kier molecular flexibility index (Phi) is 5.56. The molecule has 1 aliphatic heterocycles. The van der Waals surface area contributed by atoms with E-state index in [-0.39, 0.29) is 6.04 Å². The molecule has 0 saturated carbocycles. The molecule has 0 radical (unpaired) electrons. The van der Waals surface area contributed by atoms with Gasteiger partial charge >= 0.3 is 0 Å². The second kappa shape index (κ2) is 8.68. The van der Waals surface area contributed by atoms with Gasteiger partial charge in [0.2, 0.25) is 5.78 Å². The molecule has 3 aromatic heterocycles. The molecular formula is C25H28N8. The lowest BCUT2D eigenvalue weighted by molar-refractivity contribution is 0.270. The zero-order valence-corrected chi connectivity index (χ0v) is 19.3. The minimum atomic E-state index is -0.0314. The van der Waals surface area contributed by atoms with Gasteiger partial charge in [-0.2, -0.15) is 10.2 Å². The second-order valence-electron chi connectivity index (χ2n) is 8.54. The quantitative estimate of drug-likeness (QED) is 0.506. The number of benzene rings is 1. The second-order valence-corrected chi connectivity index (χ2v) is 8.54. The number of fused-ring (bicyclic) bond motifs is 3. The number of anilines is 2. The topological polar surface area (TPSA) is 85.4 Å². The molecule has 8 heteroatoms. The normalized spacial score (nSPS) is 15.6. The van der Waals surface area contributed by atoms with E-state index in [9.17, 15) is 5.26 Å². The van der Waals surface area contributed by atoms with Crippen molar-refractivity contribution in [3.05, 3.63) is 59.5 Å². The Morgan fingerprint density at radius 2 is 2.00 bits per heavy atom. The Morgan fingerprint density at radius 1 is 1.18 bits per heavy atom. The van der Waals surface area contributed by atoms with Crippen molar-refractivity contribution < 1.29 is 0 Å². The van der Waals surface area contributed by atoms with Crippen molar-refractivity contribution >= 4 is 28.3 Å². The van der Waals surface area contributed by atoms with Gasteiger partial charge in [0.15, 0.2) is 0 Å². The van der Waals surface area contributed by atoms with Crippen LogP contribution in [-0.4, -0.2) is 57.0 Å². The lowest BCUT2D eigenvalue weighted by Crippen LogP contribution is -2.46. The molecule has 5 rings (SSSR count). The van der Waals surface area contributed by atoms with Crippen molar-refractivity contribution in [3.63, 3.8) is 0 Å². The lowest BCUT2D eigenvalue weighted by atomic mass is 9.98. The van der Waals surface area contributed by atoms with Crippen LogP contribution in [0.3, 0.4) is 0 Å². The smallest absolute Gasteiger partial charge is 0.236 e. The van der Waals surface area contributed by atoms with Gasteiger partial charge in [0, 0.05) is 44.0 Å². The van der Waals surface area contributed by atoms with Crippen LogP contribution >= 0.6 is 0 Å². The van der Waals surface area contributed by atoms with Crippen LogP contribution in [0.2, 0.25) is 0 Å². The molecule has 1 fully saturated rings. The highest BCUT2D eigenvalue weighted by Crippen LogP contribution is 2.30. The predicted molar refractivity (Wildman–Crippen MR) is 131 cm³/mol. The number of pyridine rings is 1. The maximum atomic E-state index is 9.43. The summed E-state index contributed by atoms with van der Waals surface area (Å²) in [6.07, 6.45) is 5.60. The summed E-state index contributed by atoms with van der Waals surface area (Å²) in [5.74, 6) is 2.37. The molecule has 0 aliphatic carbocycles. The van der Waals surface area contributed by atoms with Crippen LogP contribution in [0.5, 0.6) is 0 Å². The van der Waals surface area contributed by atoms with Crippen molar-refractivity contribution in [1.82, 2.24) is 24.3 Å². The maximum Gasteiger partial charge on any atom is 0.236 e. The van der Waals surface area contributed by atoms with Gasteiger partial charge in [-0.3, -0.25) is 4.40 Å². The van der Waals surface area contributed by atoms with E-state index < -0.39 is 0 Å². The molecule has 8 nitrogen and oxygen atoms in total. The first-order valence-corrected chi connectivity index (χ1v) is 11.4. The number of nitrogens with one attached hydrogen (secondary N) is 1. The Morgan fingerprint density at radius 3 is 2.76 bits per heavy atom. The molecule has 0 spiro atoms. The number of nitriles is 1. The molecule has 0 amide bonds.